The number of hydrogen-bond acceptors (Lipinski definition) is 2. The average Bonchev–Trinajstić information content (AvgIpc) is 3.22. The summed E-state index contributed by atoms with van der Waals surface area (Å²) >= 11 is 0. The van der Waals surface area contributed by atoms with Crippen LogP contribution in [0.1, 0.15) is 46.8 Å². The lowest BCUT2D eigenvalue weighted by Crippen LogP contribution is -2.42. The molecule has 178 valence electrons. The Morgan fingerprint density at radius 3 is 2.35 bits per heavy atom. The normalized spacial score (nSPS) is 18.4. The van der Waals surface area contributed by atoms with Crippen molar-refractivity contribution in [2.45, 2.75) is 39.3 Å². The minimum Gasteiger partial charge on any atom is -0.336 e. The molecule has 34 heavy (non-hydrogen) atoms. The largest absolute Gasteiger partial charge is 0.336 e. The smallest absolute Gasteiger partial charge is 0.254 e. The molecule has 1 fully saturated rings. The van der Waals surface area contributed by atoms with Gasteiger partial charge in [-0.25, -0.2) is 8.78 Å². The number of carbonyl (C=O) groups is 1. The summed E-state index contributed by atoms with van der Waals surface area (Å²) in [5.41, 5.74) is 3.97. The van der Waals surface area contributed by atoms with Crippen molar-refractivity contribution in [2.75, 3.05) is 19.6 Å². The number of hydrogen-bond donors (Lipinski definition) is 0. The highest BCUT2D eigenvalue weighted by molar-refractivity contribution is 5.94. The van der Waals surface area contributed by atoms with E-state index in [-0.39, 0.29) is 23.8 Å². The van der Waals surface area contributed by atoms with Gasteiger partial charge in [0, 0.05) is 43.7 Å². The van der Waals surface area contributed by atoms with Crippen molar-refractivity contribution >= 4 is 5.91 Å². The number of benzene rings is 3. The summed E-state index contributed by atoms with van der Waals surface area (Å²) in [5, 5.41) is 0. The Hall–Kier alpha value is -3.05. The number of amides is 1. The first kappa shape index (κ1) is 24.1. The van der Waals surface area contributed by atoms with E-state index < -0.39 is 11.6 Å². The van der Waals surface area contributed by atoms with Crippen LogP contribution in [0, 0.1) is 24.5 Å². The van der Waals surface area contributed by atoms with Gasteiger partial charge in [-0.15, -0.1) is 0 Å². The van der Waals surface area contributed by atoms with Crippen LogP contribution in [0.5, 0.6) is 0 Å². The van der Waals surface area contributed by atoms with E-state index in [1.54, 1.807) is 6.07 Å². The van der Waals surface area contributed by atoms with Gasteiger partial charge >= 0.3 is 0 Å². The molecule has 2 unspecified atom stereocenters. The molecule has 3 aromatic carbocycles. The van der Waals surface area contributed by atoms with E-state index in [9.17, 15) is 13.6 Å². The lowest BCUT2D eigenvalue weighted by molar-refractivity contribution is 0.0668. The van der Waals surface area contributed by atoms with Crippen molar-refractivity contribution in [3.8, 4) is 0 Å². The quantitative estimate of drug-likeness (QED) is 0.427. The van der Waals surface area contributed by atoms with Crippen LogP contribution < -0.4 is 0 Å². The van der Waals surface area contributed by atoms with E-state index >= 15 is 0 Å². The molecular weight excluding hydrogens is 430 g/mol. The van der Waals surface area contributed by atoms with Crippen LogP contribution in [0.4, 0.5) is 8.78 Å². The number of aryl methyl sites for hydroxylation is 1. The monoisotopic (exact) mass is 462 g/mol. The van der Waals surface area contributed by atoms with E-state index in [0.29, 0.717) is 18.7 Å². The lowest BCUT2D eigenvalue weighted by Gasteiger charge is -2.32. The molecule has 1 amide bonds. The highest BCUT2D eigenvalue weighted by atomic mass is 19.2. The Balaban J connectivity index is 1.59. The van der Waals surface area contributed by atoms with Gasteiger partial charge in [0.05, 0.1) is 0 Å². The van der Waals surface area contributed by atoms with Crippen molar-refractivity contribution in [1.82, 2.24) is 9.80 Å². The molecule has 1 heterocycles. The van der Waals surface area contributed by atoms with Gasteiger partial charge in [0.25, 0.3) is 5.91 Å². The predicted molar refractivity (Wildman–Crippen MR) is 132 cm³/mol. The van der Waals surface area contributed by atoms with Gasteiger partial charge in [-0.2, -0.15) is 0 Å². The second-order valence-corrected chi connectivity index (χ2v) is 9.58. The van der Waals surface area contributed by atoms with Gasteiger partial charge in [-0.05, 0) is 67.6 Å². The second kappa shape index (κ2) is 10.5. The summed E-state index contributed by atoms with van der Waals surface area (Å²) in [6.07, 6.45) is 0. The summed E-state index contributed by atoms with van der Waals surface area (Å²) in [5.74, 6) is -1.13. The lowest BCUT2D eigenvalue weighted by atomic mass is 9.86. The van der Waals surface area contributed by atoms with Crippen molar-refractivity contribution in [1.29, 1.82) is 0 Å². The molecule has 1 aliphatic heterocycles. The topological polar surface area (TPSA) is 23.6 Å². The summed E-state index contributed by atoms with van der Waals surface area (Å²) < 4.78 is 27.2. The van der Waals surface area contributed by atoms with Crippen LogP contribution in [0.25, 0.3) is 0 Å². The van der Waals surface area contributed by atoms with Gasteiger partial charge in [-0.1, -0.05) is 48.5 Å². The summed E-state index contributed by atoms with van der Waals surface area (Å²) in [7, 11) is 0. The number of likely N-dealkylation sites (tertiary alicyclic amines) is 1. The first-order valence-electron chi connectivity index (χ1n) is 11.9. The van der Waals surface area contributed by atoms with Crippen LogP contribution >= 0.6 is 0 Å². The zero-order chi connectivity index (χ0) is 24.2. The van der Waals surface area contributed by atoms with Crippen molar-refractivity contribution in [3.05, 3.63) is 107 Å². The Morgan fingerprint density at radius 1 is 0.971 bits per heavy atom. The minimum atomic E-state index is -0.826. The van der Waals surface area contributed by atoms with E-state index in [0.717, 1.165) is 18.7 Å². The maximum Gasteiger partial charge on any atom is 0.254 e. The van der Waals surface area contributed by atoms with Crippen LogP contribution in [-0.2, 0) is 6.54 Å². The number of nitrogens with zero attached hydrogens (tertiary/aromatic N) is 2. The molecule has 3 aromatic rings. The Labute approximate surface area is 201 Å². The number of carbonyl (C=O) groups excluding carboxylic acids is 1. The molecule has 5 heteroatoms. The Kier molecular flexibility index (Phi) is 7.42. The Morgan fingerprint density at radius 2 is 1.68 bits per heavy atom. The third-order valence-electron chi connectivity index (χ3n) is 6.83. The fourth-order valence-corrected chi connectivity index (χ4v) is 5.05. The molecule has 0 N–H and O–H groups in total. The molecule has 0 bridgehead atoms. The maximum absolute atomic E-state index is 13.8. The average molecular weight is 463 g/mol. The van der Waals surface area contributed by atoms with Crippen LogP contribution in [0.2, 0.25) is 0 Å². The van der Waals surface area contributed by atoms with E-state index in [1.807, 2.05) is 41.3 Å². The van der Waals surface area contributed by atoms with Crippen molar-refractivity contribution in [3.63, 3.8) is 0 Å². The molecule has 0 aromatic heterocycles. The van der Waals surface area contributed by atoms with Crippen molar-refractivity contribution < 1.29 is 13.6 Å². The molecule has 0 radical (unpaired) electrons. The second-order valence-electron chi connectivity index (χ2n) is 9.58. The zero-order valence-electron chi connectivity index (χ0n) is 20.0. The molecule has 0 aliphatic carbocycles. The fraction of sp³-hybridized carbons (Fsp3) is 0.345. The Bertz CT molecular complexity index is 1130. The van der Waals surface area contributed by atoms with Crippen LogP contribution in [0.3, 0.4) is 0 Å². The SMILES string of the molecule is Cc1ccccc1C1CN(Cc2ccc(F)c(F)c2)CC1CN(C(=O)c1ccccc1)C(C)C. The van der Waals surface area contributed by atoms with Gasteiger partial charge in [0.2, 0.25) is 0 Å². The third kappa shape index (κ3) is 5.36. The van der Waals surface area contributed by atoms with Crippen LogP contribution in [0.15, 0.2) is 72.8 Å². The molecule has 1 aliphatic rings. The highest BCUT2D eigenvalue weighted by Gasteiger charge is 2.37. The molecule has 4 rings (SSSR count). The van der Waals surface area contributed by atoms with E-state index in [2.05, 4.69) is 43.9 Å². The van der Waals surface area contributed by atoms with Gasteiger partial charge in [0.15, 0.2) is 11.6 Å². The van der Waals surface area contributed by atoms with E-state index in [1.165, 1.54) is 23.3 Å². The van der Waals surface area contributed by atoms with Crippen LogP contribution in [-0.4, -0.2) is 41.4 Å². The number of halogens is 2. The molecule has 0 saturated carbocycles. The maximum atomic E-state index is 13.8. The zero-order valence-corrected chi connectivity index (χ0v) is 20.0. The minimum absolute atomic E-state index is 0.0400. The molecular formula is C29H32F2N2O. The molecule has 0 spiro atoms. The summed E-state index contributed by atoms with van der Waals surface area (Å²) in [4.78, 5) is 17.6. The highest BCUT2D eigenvalue weighted by Crippen LogP contribution is 2.36. The van der Waals surface area contributed by atoms with Gasteiger partial charge < -0.3 is 4.90 Å². The van der Waals surface area contributed by atoms with E-state index in [4.69, 9.17) is 0 Å². The summed E-state index contributed by atoms with van der Waals surface area (Å²) in [6.45, 7) is 9.00. The molecule has 1 saturated heterocycles. The molecule has 2 atom stereocenters. The third-order valence-corrected chi connectivity index (χ3v) is 6.83. The first-order chi connectivity index (χ1) is 16.3. The van der Waals surface area contributed by atoms with Gasteiger partial charge in [0.1, 0.15) is 0 Å². The summed E-state index contributed by atoms with van der Waals surface area (Å²) in [6, 6.07) is 22.0. The standard InChI is InChI=1S/C29H32F2N2O/c1-20(2)33(29(34)23-10-5-4-6-11-23)18-24-17-32(16-22-13-14-27(30)28(31)15-22)19-26(24)25-12-8-7-9-21(25)3/h4-15,20,24,26H,16-19H2,1-3H3. The predicted octanol–water partition coefficient (Wildman–Crippen LogP) is 6.04. The van der Waals surface area contributed by atoms with Crippen molar-refractivity contribution in [2.24, 2.45) is 5.92 Å². The first-order valence-corrected chi connectivity index (χ1v) is 11.9. The molecule has 3 nitrogen and oxygen atoms in total. The van der Waals surface area contributed by atoms with Gasteiger partial charge in [-0.3, -0.25) is 9.69 Å². The number of rotatable bonds is 7. The fourth-order valence-electron chi connectivity index (χ4n) is 5.05.